The van der Waals surface area contributed by atoms with Gasteiger partial charge in [-0.15, -0.1) is 0 Å². The average Bonchev–Trinajstić information content (AvgIpc) is 2.73. The molecule has 0 bridgehead atoms. The average molecular weight is 272 g/mol. The first-order valence-electron chi connectivity index (χ1n) is 5.41. The maximum atomic E-state index is 9.22. The summed E-state index contributed by atoms with van der Waals surface area (Å²) in [6, 6.07) is 7.86. The van der Waals surface area contributed by atoms with Gasteiger partial charge in [0.2, 0.25) is 0 Å². The summed E-state index contributed by atoms with van der Waals surface area (Å²) in [5, 5.41) is 16.8. The fourth-order valence-corrected chi connectivity index (χ4v) is 2.39. The molecule has 0 saturated carbocycles. The van der Waals surface area contributed by atoms with Crippen LogP contribution in [0.2, 0.25) is 0 Å². The van der Waals surface area contributed by atoms with Gasteiger partial charge in [0.1, 0.15) is 6.07 Å². The predicted molar refractivity (Wildman–Crippen MR) is 76.9 cm³/mol. The van der Waals surface area contributed by atoms with Gasteiger partial charge in [-0.2, -0.15) is 10.3 Å². The van der Waals surface area contributed by atoms with E-state index in [0.29, 0.717) is 11.3 Å². The Labute approximate surface area is 114 Å². The van der Waals surface area contributed by atoms with Crippen molar-refractivity contribution < 1.29 is 0 Å². The molecule has 2 aromatic heterocycles. The van der Waals surface area contributed by atoms with Gasteiger partial charge in [0.25, 0.3) is 0 Å². The van der Waals surface area contributed by atoms with Crippen LogP contribution in [0.25, 0.3) is 5.52 Å². The van der Waals surface area contributed by atoms with Crippen LogP contribution in [0.15, 0.2) is 35.6 Å². The van der Waals surface area contributed by atoms with Crippen molar-refractivity contribution in [1.82, 2.24) is 4.40 Å². The molecular formula is C12H12N6S. The van der Waals surface area contributed by atoms with Crippen molar-refractivity contribution in [2.45, 2.75) is 5.75 Å². The van der Waals surface area contributed by atoms with Gasteiger partial charge in [-0.05, 0) is 17.7 Å². The maximum Gasteiger partial charge on any atom is 0.193 e. The van der Waals surface area contributed by atoms with Gasteiger partial charge >= 0.3 is 0 Å². The molecule has 2 heterocycles. The zero-order valence-electron chi connectivity index (χ0n) is 10.00. The number of guanidine groups is 1. The Bertz CT molecular complexity index is 690. The Kier molecular flexibility index (Phi) is 3.73. The van der Waals surface area contributed by atoms with Crippen LogP contribution >= 0.6 is 11.8 Å². The number of nitriles is 1. The fourth-order valence-electron chi connectivity index (χ4n) is 1.71. The molecule has 0 amide bonds. The van der Waals surface area contributed by atoms with Crippen LogP contribution in [0, 0.1) is 16.7 Å². The molecular weight excluding hydrogens is 260 g/mol. The molecule has 0 aliphatic rings. The molecule has 0 aliphatic carbocycles. The minimum atomic E-state index is -0.139. The van der Waals surface area contributed by atoms with Crippen LogP contribution in [0.5, 0.6) is 0 Å². The Morgan fingerprint density at radius 2 is 2.26 bits per heavy atom. The van der Waals surface area contributed by atoms with Crippen LogP contribution in [0.4, 0.5) is 0 Å². The highest BCUT2D eigenvalue weighted by atomic mass is 32.2. The van der Waals surface area contributed by atoms with Crippen molar-refractivity contribution >= 4 is 28.4 Å². The lowest BCUT2D eigenvalue weighted by molar-refractivity contribution is 1.18. The quantitative estimate of drug-likeness (QED) is 0.563. The monoisotopic (exact) mass is 272 g/mol. The number of rotatable bonds is 2. The normalized spacial score (nSPS) is 10.1. The molecule has 0 aromatic carbocycles. The number of nitrogens with zero attached hydrogens (tertiary/aromatic N) is 3. The molecule has 0 fully saturated rings. The molecule has 96 valence electrons. The van der Waals surface area contributed by atoms with Crippen molar-refractivity contribution in [1.29, 1.82) is 10.7 Å². The minimum absolute atomic E-state index is 0.0270. The van der Waals surface area contributed by atoms with E-state index in [2.05, 4.69) is 11.1 Å². The van der Waals surface area contributed by atoms with Crippen LogP contribution in [0.1, 0.15) is 11.1 Å². The summed E-state index contributed by atoms with van der Waals surface area (Å²) in [4.78, 5) is 3.63. The topological polar surface area (TPSA) is 116 Å². The molecule has 0 atom stereocenters. The second-order valence-corrected chi connectivity index (χ2v) is 4.73. The van der Waals surface area contributed by atoms with E-state index in [1.165, 1.54) is 11.8 Å². The minimum Gasteiger partial charge on any atom is -0.370 e. The van der Waals surface area contributed by atoms with E-state index in [1.54, 1.807) is 0 Å². The SMILES string of the molecule is N#Cc1c(CSC(=N)N=C(N)N)cn2ccccc12. The summed E-state index contributed by atoms with van der Waals surface area (Å²) in [6.07, 6.45) is 3.76. The summed E-state index contributed by atoms with van der Waals surface area (Å²) in [7, 11) is 0. The van der Waals surface area contributed by atoms with E-state index in [0.717, 1.165) is 11.1 Å². The standard InChI is InChI=1S/C12H12N6S/c13-5-9-8(7-19-12(16)17-11(14)15)6-18-4-2-1-3-10(9)18/h1-4,6H,7H2,(H5,14,15,16,17). The van der Waals surface area contributed by atoms with Crippen LogP contribution < -0.4 is 11.5 Å². The van der Waals surface area contributed by atoms with Gasteiger partial charge in [0, 0.05) is 18.1 Å². The summed E-state index contributed by atoms with van der Waals surface area (Å²) in [5.41, 5.74) is 12.7. The zero-order valence-corrected chi connectivity index (χ0v) is 10.8. The number of nitrogens with two attached hydrogens (primary N) is 2. The van der Waals surface area contributed by atoms with Crippen molar-refractivity contribution in [2.24, 2.45) is 16.5 Å². The Morgan fingerprint density at radius 1 is 1.47 bits per heavy atom. The molecule has 5 N–H and O–H groups in total. The lowest BCUT2D eigenvalue weighted by Gasteiger charge is -1.98. The van der Waals surface area contributed by atoms with E-state index in [9.17, 15) is 5.26 Å². The van der Waals surface area contributed by atoms with Gasteiger partial charge < -0.3 is 15.9 Å². The molecule has 2 rings (SSSR count). The van der Waals surface area contributed by atoms with Gasteiger partial charge in [-0.1, -0.05) is 17.8 Å². The number of hydrogen-bond acceptors (Lipinski definition) is 3. The highest BCUT2D eigenvalue weighted by molar-refractivity contribution is 8.13. The lowest BCUT2D eigenvalue weighted by atomic mass is 10.2. The number of amidine groups is 1. The van der Waals surface area contributed by atoms with Gasteiger partial charge in [-0.25, -0.2) is 0 Å². The summed E-state index contributed by atoms with van der Waals surface area (Å²) in [6.45, 7) is 0. The van der Waals surface area contributed by atoms with Crippen molar-refractivity contribution in [2.75, 3.05) is 0 Å². The van der Waals surface area contributed by atoms with E-state index in [-0.39, 0.29) is 11.1 Å². The third-order valence-electron chi connectivity index (χ3n) is 2.47. The zero-order chi connectivity index (χ0) is 13.8. The summed E-state index contributed by atoms with van der Waals surface area (Å²) >= 11 is 1.17. The van der Waals surface area contributed by atoms with Crippen LogP contribution in [-0.2, 0) is 5.75 Å². The number of pyridine rings is 1. The second kappa shape index (κ2) is 5.46. The van der Waals surface area contributed by atoms with Gasteiger partial charge in [0.15, 0.2) is 11.1 Å². The molecule has 0 spiro atoms. The van der Waals surface area contributed by atoms with Crippen molar-refractivity contribution in [3.63, 3.8) is 0 Å². The Hall–Kier alpha value is -2.46. The number of fused-ring (bicyclic) bond motifs is 1. The van der Waals surface area contributed by atoms with Crippen LogP contribution in [0.3, 0.4) is 0 Å². The largest absolute Gasteiger partial charge is 0.370 e. The van der Waals surface area contributed by atoms with Crippen LogP contribution in [-0.4, -0.2) is 15.5 Å². The number of aliphatic imine (C=N–C) groups is 1. The number of nitrogens with one attached hydrogen (secondary N) is 1. The number of aromatic nitrogens is 1. The predicted octanol–water partition coefficient (Wildman–Crippen LogP) is 1.25. The molecule has 0 saturated heterocycles. The molecule has 6 nitrogen and oxygen atoms in total. The third kappa shape index (κ3) is 2.86. The summed E-state index contributed by atoms with van der Waals surface area (Å²) < 4.78 is 1.89. The lowest BCUT2D eigenvalue weighted by Crippen LogP contribution is -2.23. The first kappa shape index (κ1) is 13.0. The van der Waals surface area contributed by atoms with Gasteiger partial charge in [0.05, 0.1) is 11.1 Å². The van der Waals surface area contributed by atoms with Crippen molar-refractivity contribution in [3.8, 4) is 6.07 Å². The van der Waals surface area contributed by atoms with E-state index in [4.69, 9.17) is 16.9 Å². The molecule has 19 heavy (non-hydrogen) atoms. The number of hydrogen-bond donors (Lipinski definition) is 3. The van der Waals surface area contributed by atoms with Crippen molar-refractivity contribution in [3.05, 3.63) is 41.7 Å². The highest BCUT2D eigenvalue weighted by Crippen LogP contribution is 2.22. The van der Waals surface area contributed by atoms with Gasteiger partial charge in [-0.3, -0.25) is 5.41 Å². The Morgan fingerprint density at radius 3 is 2.95 bits per heavy atom. The van der Waals surface area contributed by atoms with E-state index in [1.807, 2.05) is 35.0 Å². The van der Waals surface area contributed by atoms with E-state index >= 15 is 0 Å². The maximum absolute atomic E-state index is 9.22. The number of thioether (sulfide) groups is 1. The van der Waals surface area contributed by atoms with E-state index < -0.39 is 0 Å². The molecule has 0 unspecified atom stereocenters. The molecule has 0 radical (unpaired) electrons. The second-order valence-electron chi connectivity index (χ2n) is 3.76. The smallest absolute Gasteiger partial charge is 0.193 e. The Balaban J connectivity index is 2.24. The highest BCUT2D eigenvalue weighted by Gasteiger charge is 2.10. The first-order valence-corrected chi connectivity index (χ1v) is 6.40. The third-order valence-corrected chi connectivity index (χ3v) is 3.29. The molecule has 7 heteroatoms. The molecule has 2 aromatic rings. The molecule has 0 aliphatic heterocycles. The first-order chi connectivity index (χ1) is 9.11. The summed E-state index contributed by atoms with van der Waals surface area (Å²) in [5.74, 6) is 0.334. The fraction of sp³-hybridized carbons (Fsp3) is 0.0833.